The van der Waals surface area contributed by atoms with Crippen molar-refractivity contribution in [2.75, 3.05) is 18.0 Å². The van der Waals surface area contributed by atoms with E-state index >= 15 is 0 Å². The molecule has 0 spiro atoms. The number of hydrogen-bond acceptors (Lipinski definition) is 3. The van der Waals surface area contributed by atoms with Crippen LogP contribution in [0.3, 0.4) is 0 Å². The predicted octanol–water partition coefficient (Wildman–Crippen LogP) is 4.72. The van der Waals surface area contributed by atoms with E-state index in [1.54, 1.807) is 11.0 Å². The monoisotopic (exact) mass is 467 g/mol. The van der Waals surface area contributed by atoms with Crippen LogP contribution in [0.2, 0.25) is 0 Å². The fourth-order valence-electron chi connectivity index (χ4n) is 5.02. The van der Waals surface area contributed by atoms with E-state index in [0.717, 1.165) is 31.2 Å². The molecule has 3 aromatic carbocycles. The Balaban J connectivity index is 1.17. The van der Waals surface area contributed by atoms with Gasteiger partial charge in [0.2, 0.25) is 5.91 Å². The van der Waals surface area contributed by atoms with E-state index in [9.17, 15) is 14.4 Å². The maximum Gasteiger partial charge on any atom is 0.260 e. The second-order valence-corrected chi connectivity index (χ2v) is 9.05. The zero-order valence-electron chi connectivity index (χ0n) is 19.7. The summed E-state index contributed by atoms with van der Waals surface area (Å²) in [4.78, 5) is 42.4. The third kappa shape index (κ3) is 4.56. The minimum absolute atomic E-state index is 0.0509. The maximum atomic E-state index is 13.4. The molecule has 6 heteroatoms. The summed E-state index contributed by atoms with van der Waals surface area (Å²) in [6.07, 6.45) is 3.25. The zero-order valence-corrected chi connectivity index (χ0v) is 19.7. The molecule has 0 bridgehead atoms. The average molecular weight is 468 g/mol. The molecule has 0 radical (unpaired) electrons. The first-order valence-corrected chi connectivity index (χ1v) is 12.3. The first-order chi connectivity index (χ1) is 17.1. The SMILES string of the molecule is O=C(CCCCCN1C(=O)c2ccccc2N2C(=O)c3ccccc3[C@@H]12)NCCc1ccccc1. The molecule has 3 aromatic rings. The van der Waals surface area contributed by atoms with Gasteiger partial charge in [0.05, 0.1) is 11.3 Å². The van der Waals surface area contributed by atoms with E-state index in [2.05, 4.69) is 17.4 Å². The quantitative estimate of drug-likeness (QED) is 0.463. The van der Waals surface area contributed by atoms with Gasteiger partial charge in [-0.2, -0.15) is 0 Å². The molecule has 1 N–H and O–H groups in total. The molecule has 1 atom stereocenters. The topological polar surface area (TPSA) is 69.7 Å². The molecule has 5 rings (SSSR count). The van der Waals surface area contributed by atoms with Gasteiger partial charge in [-0.05, 0) is 43.0 Å². The van der Waals surface area contributed by atoms with E-state index in [1.807, 2.05) is 65.6 Å². The van der Waals surface area contributed by atoms with Gasteiger partial charge in [-0.25, -0.2) is 0 Å². The van der Waals surface area contributed by atoms with Crippen molar-refractivity contribution in [3.8, 4) is 0 Å². The second-order valence-electron chi connectivity index (χ2n) is 9.05. The summed E-state index contributed by atoms with van der Waals surface area (Å²) in [6.45, 7) is 1.17. The summed E-state index contributed by atoms with van der Waals surface area (Å²) in [5, 5.41) is 2.99. The van der Waals surface area contributed by atoms with Crippen molar-refractivity contribution in [3.63, 3.8) is 0 Å². The molecule has 0 saturated heterocycles. The lowest BCUT2D eigenvalue weighted by molar-refractivity contribution is -0.121. The van der Waals surface area contributed by atoms with Crippen molar-refractivity contribution in [2.45, 2.75) is 38.3 Å². The Labute approximate surface area is 205 Å². The Morgan fingerprint density at radius 3 is 2.31 bits per heavy atom. The molecule has 0 unspecified atom stereocenters. The second kappa shape index (κ2) is 10.1. The zero-order chi connectivity index (χ0) is 24.2. The largest absolute Gasteiger partial charge is 0.356 e. The van der Waals surface area contributed by atoms with Crippen LogP contribution >= 0.6 is 0 Å². The Bertz CT molecular complexity index is 1240. The number of unbranched alkanes of at least 4 members (excludes halogenated alkanes) is 2. The van der Waals surface area contributed by atoms with E-state index in [0.29, 0.717) is 36.3 Å². The Kier molecular flexibility index (Phi) is 6.62. The number of rotatable bonds is 9. The molecule has 178 valence electrons. The first kappa shape index (κ1) is 22.8. The minimum Gasteiger partial charge on any atom is -0.356 e. The van der Waals surface area contributed by atoms with Crippen molar-refractivity contribution in [1.29, 1.82) is 0 Å². The van der Waals surface area contributed by atoms with Crippen LogP contribution in [0.25, 0.3) is 0 Å². The number of anilines is 1. The van der Waals surface area contributed by atoms with Crippen LogP contribution in [0.5, 0.6) is 0 Å². The van der Waals surface area contributed by atoms with Crippen LogP contribution in [-0.4, -0.2) is 35.7 Å². The standard InChI is InChI=1S/C29H29N3O3/c33-26(30-19-18-21-11-3-1-4-12-21)17-5-2-10-20-31-27-22-13-6-7-14-23(22)29(35)32(27)25-16-9-8-15-24(25)28(31)34/h1,3-4,6-9,11-16,27H,2,5,10,17-20H2,(H,30,33)/t27-/m0/s1. The average Bonchev–Trinajstić information content (AvgIpc) is 3.19. The molecule has 3 amide bonds. The summed E-state index contributed by atoms with van der Waals surface area (Å²) in [7, 11) is 0. The molecule has 35 heavy (non-hydrogen) atoms. The van der Waals surface area contributed by atoms with E-state index in [1.165, 1.54) is 5.56 Å². The van der Waals surface area contributed by atoms with Gasteiger partial charge in [0.25, 0.3) is 11.8 Å². The molecule has 0 aliphatic carbocycles. The van der Waals surface area contributed by atoms with E-state index < -0.39 is 6.17 Å². The van der Waals surface area contributed by atoms with Gasteiger partial charge in [-0.15, -0.1) is 0 Å². The van der Waals surface area contributed by atoms with Gasteiger partial charge in [0, 0.05) is 30.6 Å². The number of para-hydroxylation sites is 1. The van der Waals surface area contributed by atoms with Gasteiger partial charge >= 0.3 is 0 Å². The highest BCUT2D eigenvalue weighted by molar-refractivity contribution is 6.16. The number of nitrogens with zero attached hydrogens (tertiary/aromatic N) is 2. The number of benzene rings is 3. The van der Waals surface area contributed by atoms with Crippen LogP contribution < -0.4 is 10.2 Å². The maximum absolute atomic E-state index is 13.4. The van der Waals surface area contributed by atoms with Gasteiger partial charge < -0.3 is 10.2 Å². The fraction of sp³-hybridized carbons (Fsp3) is 0.276. The van der Waals surface area contributed by atoms with Gasteiger partial charge in [-0.3, -0.25) is 19.3 Å². The highest BCUT2D eigenvalue weighted by Crippen LogP contribution is 2.45. The lowest BCUT2D eigenvalue weighted by Gasteiger charge is -2.41. The number of carbonyl (C=O) groups is 3. The predicted molar refractivity (Wildman–Crippen MR) is 135 cm³/mol. The van der Waals surface area contributed by atoms with Crippen LogP contribution in [-0.2, 0) is 11.2 Å². The van der Waals surface area contributed by atoms with E-state index in [-0.39, 0.29) is 17.7 Å². The molecule has 2 aliphatic rings. The van der Waals surface area contributed by atoms with Crippen LogP contribution in [0.15, 0.2) is 78.9 Å². The fourth-order valence-corrected chi connectivity index (χ4v) is 5.02. The number of fused-ring (bicyclic) bond motifs is 5. The number of amides is 3. The molecule has 2 heterocycles. The van der Waals surface area contributed by atoms with Gasteiger partial charge in [0.1, 0.15) is 6.17 Å². The highest BCUT2D eigenvalue weighted by atomic mass is 16.2. The summed E-state index contributed by atoms with van der Waals surface area (Å²) in [5.74, 6) is -0.0573. The van der Waals surface area contributed by atoms with Gasteiger partial charge in [-0.1, -0.05) is 67.1 Å². The van der Waals surface area contributed by atoms with Crippen molar-refractivity contribution in [1.82, 2.24) is 10.2 Å². The summed E-state index contributed by atoms with van der Waals surface area (Å²) < 4.78 is 0. The third-order valence-corrected chi connectivity index (χ3v) is 6.76. The van der Waals surface area contributed by atoms with Crippen LogP contribution in [0, 0.1) is 0 Å². The van der Waals surface area contributed by atoms with Crippen molar-refractivity contribution >= 4 is 23.4 Å². The molecular formula is C29H29N3O3. The smallest absolute Gasteiger partial charge is 0.260 e. The van der Waals surface area contributed by atoms with E-state index in [4.69, 9.17) is 0 Å². The first-order valence-electron chi connectivity index (χ1n) is 12.3. The lowest BCUT2D eigenvalue weighted by atomic mass is 10.0. The Morgan fingerprint density at radius 2 is 1.49 bits per heavy atom. The number of carbonyl (C=O) groups excluding carboxylic acids is 3. The minimum atomic E-state index is -0.414. The molecule has 2 aliphatic heterocycles. The molecular weight excluding hydrogens is 438 g/mol. The highest BCUT2D eigenvalue weighted by Gasteiger charge is 2.47. The third-order valence-electron chi connectivity index (χ3n) is 6.76. The van der Waals surface area contributed by atoms with Crippen molar-refractivity contribution in [3.05, 3.63) is 101 Å². The summed E-state index contributed by atoms with van der Waals surface area (Å²) in [6, 6.07) is 25.0. The van der Waals surface area contributed by atoms with Crippen molar-refractivity contribution < 1.29 is 14.4 Å². The molecule has 0 fully saturated rings. The Hall–Kier alpha value is -3.93. The number of hydrogen-bond donors (Lipinski definition) is 1. The van der Waals surface area contributed by atoms with Crippen molar-refractivity contribution in [2.24, 2.45) is 0 Å². The molecule has 6 nitrogen and oxygen atoms in total. The van der Waals surface area contributed by atoms with Crippen LogP contribution in [0.1, 0.15) is 63.7 Å². The normalized spacial score (nSPS) is 16.1. The van der Waals surface area contributed by atoms with Gasteiger partial charge in [0.15, 0.2) is 0 Å². The molecule has 0 saturated carbocycles. The lowest BCUT2D eigenvalue weighted by Crippen LogP contribution is -2.48. The molecule has 0 aromatic heterocycles. The summed E-state index contributed by atoms with van der Waals surface area (Å²) >= 11 is 0. The Morgan fingerprint density at radius 1 is 0.771 bits per heavy atom. The summed E-state index contributed by atoms with van der Waals surface area (Å²) in [5.41, 5.74) is 3.97. The number of nitrogens with one attached hydrogen (secondary N) is 1. The van der Waals surface area contributed by atoms with Crippen LogP contribution in [0.4, 0.5) is 5.69 Å².